The predicted octanol–water partition coefficient (Wildman–Crippen LogP) is 0.792. The van der Waals surface area contributed by atoms with E-state index in [4.69, 9.17) is 11.5 Å². The molecule has 0 radical (unpaired) electrons. The van der Waals surface area contributed by atoms with Crippen LogP contribution < -0.4 is 16.8 Å². The maximum Gasteiger partial charge on any atom is 0.269 e. The molecule has 0 bridgehead atoms. The summed E-state index contributed by atoms with van der Waals surface area (Å²) < 4.78 is 0. The van der Waals surface area contributed by atoms with E-state index in [0.29, 0.717) is 25.6 Å². The monoisotopic (exact) mass is 266 g/mol. The van der Waals surface area contributed by atoms with Gasteiger partial charge in [-0.15, -0.1) is 0 Å². The second kappa shape index (κ2) is 7.83. The van der Waals surface area contributed by atoms with Gasteiger partial charge in [-0.05, 0) is 31.9 Å². The van der Waals surface area contributed by atoms with Crippen molar-refractivity contribution in [2.75, 3.05) is 13.1 Å². The molecule has 0 aliphatic carbocycles. The van der Waals surface area contributed by atoms with Crippen LogP contribution in [-0.4, -0.2) is 30.1 Å². The second-order valence-electron chi connectivity index (χ2n) is 4.77. The summed E-state index contributed by atoms with van der Waals surface area (Å²) in [4.78, 5) is 10.1. The fourth-order valence-electron chi connectivity index (χ4n) is 1.83. The van der Waals surface area contributed by atoms with E-state index in [1.807, 2.05) is 0 Å². The molecule has 1 aromatic carbocycles. The zero-order valence-corrected chi connectivity index (χ0v) is 11.2. The first kappa shape index (κ1) is 15.6. The lowest BCUT2D eigenvalue weighted by Gasteiger charge is -2.17. The number of nitrogens with two attached hydrogens (primary N) is 2. The normalized spacial score (nSPS) is 14.1. The summed E-state index contributed by atoms with van der Waals surface area (Å²) in [6.45, 7) is 3.44. The van der Waals surface area contributed by atoms with Crippen molar-refractivity contribution < 1.29 is 4.92 Å². The summed E-state index contributed by atoms with van der Waals surface area (Å²) >= 11 is 0. The van der Waals surface area contributed by atoms with Gasteiger partial charge in [-0.3, -0.25) is 10.1 Å². The van der Waals surface area contributed by atoms with Crippen LogP contribution in [0.5, 0.6) is 0 Å². The Morgan fingerprint density at radius 2 is 2.00 bits per heavy atom. The summed E-state index contributed by atoms with van der Waals surface area (Å²) in [5.74, 6) is 0. The van der Waals surface area contributed by atoms with Crippen LogP contribution in [0.15, 0.2) is 24.3 Å². The van der Waals surface area contributed by atoms with Crippen molar-refractivity contribution in [3.05, 3.63) is 39.9 Å². The first-order valence-electron chi connectivity index (χ1n) is 6.45. The van der Waals surface area contributed by atoms with Gasteiger partial charge in [-0.25, -0.2) is 0 Å². The first-order chi connectivity index (χ1) is 9.02. The molecule has 6 nitrogen and oxygen atoms in total. The highest BCUT2D eigenvalue weighted by Gasteiger charge is 2.08. The van der Waals surface area contributed by atoms with Crippen LogP contribution in [0.3, 0.4) is 0 Å². The minimum atomic E-state index is -0.403. The van der Waals surface area contributed by atoms with E-state index >= 15 is 0 Å². The zero-order chi connectivity index (χ0) is 14.3. The number of non-ortho nitro benzene ring substituents is 1. The summed E-state index contributed by atoms with van der Waals surface area (Å²) in [7, 11) is 0. The minimum absolute atomic E-state index is 0.0123. The van der Waals surface area contributed by atoms with Crippen molar-refractivity contribution in [3.8, 4) is 0 Å². The summed E-state index contributed by atoms with van der Waals surface area (Å²) in [5.41, 5.74) is 12.6. The number of benzene rings is 1. The molecule has 0 saturated carbocycles. The van der Waals surface area contributed by atoms with Gasteiger partial charge in [0.2, 0.25) is 0 Å². The first-order valence-corrected chi connectivity index (χ1v) is 6.45. The van der Waals surface area contributed by atoms with Gasteiger partial charge >= 0.3 is 0 Å². The number of nitrogens with zero attached hydrogens (tertiary/aromatic N) is 1. The van der Waals surface area contributed by atoms with Crippen molar-refractivity contribution in [1.29, 1.82) is 0 Å². The number of nitro benzene ring substituents is 1. The Labute approximate surface area is 113 Å². The molecular formula is C13H22N4O2. The molecule has 0 saturated heterocycles. The van der Waals surface area contributed by atoms with Gasteiger partial charge < -0.3 is 16.8 Å². The Hall–Kier alpha value is -1.50. The van der Waals surface area contributed by atoms with Crippen LogP contribution in [0.25, 0.3) is 0 Å². The zero-order valence-electron chi connectivity index (χ0n) is 11.2. The van der Waals surface area contributed by atoms with Crippen LogP contribution in [0.2, 0.25) is 0 Å². The maximum atomic E-state index is 10.5. The fraction of sp³-hybridized carbons (Fsp3) is 0.538. The van der Waals surface area contributed by atoms with Gasteiger partial charge in [0.05, 0.1) is 4.92 Å². The average molecular weight is 266 g/mol. The smallest absolute Gasteiger partial charge is 0.269 e. The van der Waals surface area contributed by atoms with Crippen LogP contribution in [0.4, 0.5) is 5.69 Å². The molecule has 1 aromatic rings. The molecule has 6 heteroatoms. The maximum absolute atomic E-state index is 10.5. The fourth-order valence-corrected chi connectivity index (χ4v) is 1.83. The number of rotatable bonds is 8. The molecule has 0 aromatic heterocycles. The SMILES string of the molecule is CC(CCN)NCC(N)Cc1ccc([N+](=O)[O-])cc1. The van der Waals surface area contributed by atoms with Gasteiger partial charge in [-0.1, -0.05) is 12.1 Å². The Balaban J connectivity index is 2.39. The molecule has 0 amide bonds. The molecule has 0 heterocycles. The molecule has 106 valence electrons. The molecule has 0 aliphatic heterocycles. The van der Waals surface area contributed by atoms with Gasteiger partial charge in [0.1, 0.15) is 0 Å². The average Bonchev–Trinajstić information content (AvgIpc) is 2.37. The van der Waals surface area contributed by atoms with E-state index in [1.165, 1.54) is 12.1 Å². The summed E-state index contributed by atoms with van der Waals surface area (Å²) in [5, 5.41) is 13.9. The van der Waals surface area contributed by atoms with E-state index in [9.17, 15) is 10.1 Å². The third-order valence-corrected chi connectivity index (χ3v) is 2.97. The van der Waals surface area contributed by atoms with Crippen molar-refractivity contribution >= 4 is 5.69 Å². The molecule has 2 unspecified atom stereocenters. The highest BCUT2D eigenvalue weighted by atomic mass is 16.6. The van der Waals surface area contributed by atoms with Crippen LogP contribution in [0.1, 0.15) is 18.9 Å². The van der Waals surface area contributed by atoms with Crippen molar-refractivity contribution in [2.24, 2.45) is 11.5 Å². The molecule has 2 atom stereocenters. The van der Waals surface area contributed by atoms with Crippen LogP contribution in [0, 0.1) is 10.1 Å². The Kier molecular flexibility index (Phi) is 6.41. The topological polar surface area (TPSA) is 107 Å². The van der Waals surface area contributed by atoms with Crippen molar-refractivity contribution in [1.82, 2.24) is 5.32 Å². The lowest BCUT2D eigenvalue weighted by molar-refractivity contribution is -0.384. The molecule has 5 N–H and O–H groups in total. The standard InChI is InChI=1S/C13H22N4O2/c1-10(6-7-14)16-9-12(15)8-11-2-4-13(5-3-11)17(18)19/h2-5,10,12,16H,6-9,14-15H2,1H3. The van der Waals surface area contributed by atoms with Crippen molar-refractivity contribution in [3.63, 3.8) is 0 Å². The van der Waals surface area contributed by atoms with Gasteiger partial charge in [0.15, 0.2) is 0 Å². The van der Waals surface area contributed by atoms with Gasteiger partial charge in [0, 0.05) is 30.8 Å². The lowest BCUT2D eigenvalue weighted by atomic mass is 10.1. The number of hydrogen-bond donors (Lipinski definition) is 3. The van der Waals surface area contributed by atoms with Gasteiger partial charge in [-0.2, -0.15) is 0 Å². The van der Waals surface area contributed by atoms with Crippen LogP contribution >= 0.6 is 0 Å². The lowest BCUT2D eigenvalue weighted by Crippen LogP contribution is -2.40. The Bertz CT molecular complexity index is 394. The van der Waals surface area contributed by atoms with Crippen LogP contribution in [-0.2, 0) is 6.42 Å². The van der Waals surface area contributed by atoms with E-state index in [-0.39, 0.29) is 11.7 Å². The molecule has 1 rings (SSSR count). The largest absolute Gasteiger partial charge is 0.330 e. The summed E-state index contributed by atoms with van der Waals surface area (Å²) in [6, 6.07) is 6.86. The highest BCUT2D eigenvalue weighted by Crippen LogP contribution is 2.12. The third kappa shape index (κ3) is 5.78. The summed E-state index contributed by atoms with van der Waals surface area (Å²) in [6.07, 6.45) is 1.62. The molecule has 0 aliphatic rings. The second-order valence-corrected chi connectivity index (χ2v) is 4.77. The number of nitro groups is 1. The highest BCUT2D eigenvalue weighted by molar-refractivity contribution is 5.33. The Morgan fingerprint density at radius 1 is 1.37 bits per heavy atom. The van der Waals surface area contributed by atoms with E-state index in [0.717, 1.165) is 12.0 Å². The quantitative estimate of drug-likeness (QED) is 0.476. The number of hydrogen-bond acceptors (Lipinski definition) is 5. The molecule has 0 spiro atoms. The third-order valence-electron chi connectivity index (χ3n) is 2.97. The van der Waals surface area contributed by atoms with E-state index in [1.54, 1.807) is 12.1 Å². The molecule has 19 heavy (non-hydrogen) atoms. The Morgan fingerprint density at radius 3 is 2.53 bits per heavy atom. The minimum Gasteiger partial charge on any atom is -0.330 e. The van der Waals surface area contributed by atoms with Gasteiger partial charge in [0.25, 0.3) is 5.69 Å². The molecular weight excluding hydrogens is 244 g/mol. The van der Waals surface area contributed by atoms with E-state index in [2.05, 4.69) is 12.2 Å². The van der Waals surface area contributed by atoms with E-state index < -0.39 is 4.92 Å². The number of nitrogens with one attached hydrogen (secondary N) is 1. The predicted molar refractivity (Wildman–Crippen MR) is 75.9 cm³/mol. The molecule has 0 fully saturated rings. The van der Waals surface area contributed by atoms with Crippen molar-refractivity contribution in [2.45, 2.75) is 31.8 Å².